The van der Waals surface area contributed by atoms with E-state index in [0.717, 1.165) is 23.7 Å². The summed E-state index contributed by atoms with van der Waals surface area (Å²) in [5, 5.41) is 3.50. The van der Waals surface area contributed by atoms with Crippen LogP contribution in [0.3, 0.4) is 0 Å². The van der Waals surface area contributed by atoms with Crippen molar-refractivity contribution in [2.75, 3.05) is 13.1 Å². The number of hydrogen-bond acceptors (Lipinski definition) is 1. The normalized spacial score (nSPS) is 44.8. The number of rotatable bonds is 1. The first-order chi connectivity index (χ1) is 7.19. The molecule has 0 aromatic heterocycles. The molecule has 4 aliphatic rings. The monoisotopic (exact) mass is 207 g/mol. The van der Waals surface area contributed by atoms with Gasteiger partial charge < -0.3 is 5.32 Å². The zero-order valence-electron chi connectivity index (χ0n) is 10.3. The number of hydrogen-bond donors (Lipinski definition) is 1. The highest BCUT2D eigenvalue weighted by Gasteiger charge is 2.55. The van der Waals surface area contributed by atoms with Crippen molar-refractivity contribution in [3.63, 3.8) is 0 Å². The first kappa shape index (κ1) is 10.1. The Morgan fingerprint density at radius 3 is 2.33 bits per heavy atom. The molecule has 0 radical (unpaired) electrons. The van der Waals surface area contributed by atoms with Crippen LogP contribution in [-0.4, -0.2) is 13.1 Å². The molecule has 1 aliphatic heterocycles. The fourth-order valence-corrected chi connectivity index (χ4v) is 4.70. The van der Waals surface area contributed by atoms with Crippen LogP contribution in [-0.2, 0) is 0 Å². The number of fused-ring (bicyclic) bond motifs is 2. The van der Waals surface area contributed by atoms with Crippen molar-refractivity contribution >= 4 is 0 Å². The Morgan fingerprint density at radius 2 is 1.73 bits per heavy atom. The SMILES string of the molecule is CC1(C)C2CCC(C3CCNCC3)C1C2. The lowest BCUT2D eigenvalue weighted by molar-refractivity contribution is -0.124. The summed E-state index contributed by atoms with van der Waals surface area (Å²) in [7, 11) is 0. The third kappa shape index (κ3) is 1.46. The maximum Gasteiger partial charge on any atom is -0.00462 e. The summed E-state index contributed by atoms with van der Waals surface area (Å²) < 4.78 is 0. The molecule has 1 nitrogen and oxygen atoms in total. The minimum atomic E-state index is 0.688. The molecule has 0 amide bonds. The first-order valence-corrected chi connectivity index (χ1v) is 6.90. The molecule has 1 heterocycles. The van der Waals surface area contributed by atoms with E-state index < -0.39 is 0 Å². The van der Waals surface area contributed by atoms with E-state index >= 15 is 0 Å². The Kier molecular flexibility index (Phi) is 2.35. The largest absolute Gasteiger partial charge is 0.317 e. The van der Waals surface area contributed by atoms with Crippen molar-refractivity contribution in [1.29, 1.82) is 0 Å². The molecule has 2 bridgehead atoms. The zero-order chi connectivity index (χ0) is 10.5. The smallest absolute Gasteiger partial charge is 0.00462 e. The van der Waals surface area contributed by atoms with Crippen molar-refractivity contribution in [3.05, 3.63) is 0 Å². The third-order valence-corrected chi connectivity index (χ3v) is 5.90. The summed E-state index contributed by atoms with van der Waals surface area (Å²) in [6.07, 6.45) is 7.52. The lowest BCUT2D eigenvalue weighted by atomic mass is 9.43. The van der Waals surface area contributed by atoms with Crippen LogP contribution < -0.4 is 5.32 Å². The third-order valence-electron chi connectivity index (χ3n) is 5.90. The Morgan fingerprint density at radius 1 is 1.00 bits per heavy atom. The van der Waals surface area contributed by atoms with Gasteiger partial charge in [0.2, 0.25) is 0 Å². The summed E-state index contributed by atoms with van der Waals surface area (Å²) in [5.41, 5.74) is 0.688. The predicted molar refractivity (Wildman–Crippen MR) is 63.7 cm³/mol. The van der Waals surface area contributed by atoms with Gasteiger partial charge in [-0.1, -0.05) is 13.8 Å². The molecular formula is C14H25N. The molecule has 4 rings (SSSR count). The zero-order valence-corrected chi connectivity index (χ0v) is 10.3. The lowest BCUT2D eigenvalue weighted by Crippen LogP contribution is -2.54. The van der Waals surface area contributed by atoms with Crippen LogP contribution in [0.15, 0.2) is 0 Å². The van der Waals surface area contributed by atoms with Gasteiger partial charge in [0.25, 0.3) is 0 Å². The first-order valence-electron chi connectivity index (χ1n) is 6.90. The van der Waals surface area contributed by atoms with Crippen molar-refractivity contribution in [1.82, 2.24) is 5.32 Å². The maximum atomic E-state index is 3.50. The highest BCUT2D eigenvalue weighted by molar-refractivity contribution is 5.04. The van der Waals surface area contributed by atoms with Gasteiger partial charge in [-0.2, -0.15) is 0 Å². The second-order valence-corrected chi connectivity index (χ2v) is 6.69. The summed E-state index contributed by atoms with van der Waals surface area (Å²) in [6, 6.07) is 0. The molecule has 0 spiro atoms. The van der Waals surface area contributed by atoms with E-state index in [1.807, 2.05) is 0 Å². The quantitative estimate of drug-likeness (QED) is 0.697. The molecule has 0 aromatic carbocycles. The van der Waals surface area contributed by atoms with Crippen LogP contribution in [0.25, 0.3) is 0 Å². The summed E-state index contributed by atoms with van der Waals surface area (Å²) in [6.45, 7) is 7.60. The summed E-state index contributed by atoms with van der Waals surface area (Å²) >= 11 is 0. The van der Waals surface area contributed by atoms with Gasteiger partial charge in [0.1, 0.15) is 0 Å². The van der Waals surface area contributed by atoms with Gasteiger partial charge in [0, 0.05) is 0 Å². The fraction of sp³-hybridized carbons (Fsp3) is 1.00. The van der Waals surface area contributed by atoms with Gasteiger partial charge in [-0.05, 0) is 74.3 Å². The van der Waals surface area contributed by atoms with Crippen molar-refractivity contribution in [2.45, 2.75) is 46.0 Å². The van der Waals surface area contributed by atoms with Gasteiger partial charge in [0.15, 0.2) is 0 Å². The van der Waals surface area contributed by atoms with E-state index in [2.05, 4.69) is 19.2 Å². The average Bonchev–Trinajstić information content (AvgIpc) is 2.30. The topological polar surface area (TPSA) is 12.0 Å². The molecule has 3 atom stereocenters. The average molecular weight is 207 g/mol. The van der Waals surface area contributed by atoms with Crippen molar-refractivity contribution < 1.29 is 0 Å². The molecular weight excluding hydrogens is 182 g/mol. The number of nitrogens with one attached hydrogen (secondary N) is 1. The maximum absolute atomic E-state index is 3.50. The molecule has 4 fully saturated rings. The standard InChI is InChI=1S/C14H25N/c1-14(2)11-3-4-12(13(14)9-11)10-5-7-15-8-6-10/h10-13,15H,3-9H2,1-2H3. The molecule has 3 aliphatic carbocycles. The van der Waals surface area contributed by atoms with Crippen LogP contribution >= 0.6 is 0 Å². The van der Waals surface area contributed by atoms with Crippen molar-refractivity contribution in [3.8, 4) is 0 Å². The minimum absolute atomic E-state index is 0.688. The molecule has 0 aromatic rings. The summed E-state index contributed by atoms with van der Waals surface area (Å²) in [4.78, 5) is 0. The molecule has 1 saturated heterocycles. The molecule has 3 unspecified atom stereocenters. The van der Waals surface area contributed by atoms with E-state index in [1.165, 1.54) is 32.4 Å². The van der Waals surface area contributed by atoms with E-state index in [-0.39, 0.29) is 0 Å². The second kappa shape index (κ2) is 3.48. The van der Waals surface area contributed by atoms with Gasteiger partial charge >= 0.3 is 0 Å². The van der Waals surface area contributed by atoms with Crippen molar-refractivity contribution in [2.24, 2.45) is 29.1 Å². The van der Waals surface area contributed by atoms with Crippen LogP contribution in [0.4, 0.5) is 0 Å². The minimum Gasteiger partial charge on any atom is -0.317 e. The second-order valence-electron chi connectivity index (χ2n) is 6.69. The van der Waals surface area contributed by atoms with Gasteiger partial charge in [-0.3, -0.25) is 0 Å². The Labute approximate surface area is 94.0 Å². The van der Waals surface area contributed by atoms with Crippen LogP contribution in [0.5, 0.6) is 0 Å². The molecule has 3 saturated carbocycles. The Hall–Kier alpha value is -0.0400. The predicted octanol–water partition coefficient (Wildman–Crippen LogP) is 3.06. The molecule has 1 heteroatoms. The van der Waals surface area contributed by atoms with Gasteiger partial charge in [-0.25, -0.2) is 0 Å². The fourth-order valence-electron chi connectivity index (χ4n) is 4.70. The van der Waals surface area contributed by atoms with E-state index in [0.29, 0.717) is 5.41 Å². The lowest BCUT2D eigenvalue weighted by Gasteiger charge is -2.62. The van der Waals surface area contributed by atoms with Crippen LogP contribution in [0.1, 0.15) is 46.0 Å². The number of piperidine rings is 1. The van der Waals surface area contributed by atoms with Gasteiger partial charge in [0.05, 0.1) is 0 Å². The summed E-state index contributed by atoms with van der Waals surface area (Å²) in [5.74, 6) is 4.27. The van der Waals surface area contributed by atoms with E-state index in [1.54, 1.807) is 12.8 Å². The molecule has 1 N–H and O–H groups in total. The van der Waals surface area contributed by atoms with E-state index in [9.17, 15) is 0 Å². The van der Waals surface area contributed by atoms with Crippen LogP contribution in [0.2, 0.25) is 0 Å². The molecule has 15 heavy (non-hydrogen) atoms. The van der Waals surface area contributed by atoms with Gasteiger partial charge in [-0.15, -0.1) is 0 Å². The Balaban J connectivity index is 1.70. The highest BCUT2D eigenvalue weighted by atomic mass is 14.9. The molecule has 86 valence electrons. The van der Waals surface area contributed by atoms with Crippen LogP contribution in [0, 0.1) is 29.1 Å². The van der Waals surface area contributed by atoms with E-state index in [4.69, 9.17) is 0 Å². The highest BCUT2D eigenvalue weighted by Crippen LogP contribution is 2.63. The Bertz CT molecular complexity index is 238.